The minimum Gasteiger partial charge on any atom is -0.294 e. The Morgan fingerprint density at radius 1 is 1.35 bits per heavy atom. The first kappa shape index (κ1) is 12.5. The van der Waals surface area contributed by atoms with Crippen molar-refractivity contribution in [2.24, 2.45) is 0 Å². The average molecular weight is 313 g/mol. The Morgan fingerprint density at radius 2 is 2.18 bits per heavy atom. The van der Waals surface area contributed by atoms with Crippen molar-refractivity contribution in [2.45, 2.75) is 12.8 Å². The number of Topliss-reactive ketones (excluding diaryl/α,β-unsaturated/α-hetero) is 1. The molecule has 2 rings (SSSR count). The highest BCUT2D eigenvalue weighted by Gasteiger charge is 2.08. The number of aryl methyl sites for hydroxylation is 1. The van der Waals surface area contributed by atoms with Crippen LogP contribution in [0.25, 0.3) is 0 Å². The molecule has 0 aliphatic rings. The highest BCUT2D eigenvalue weighted by atomic mass is 79.9. The molecule has 0 bridgehead atoms. The van der Waals surface area contributed by atoms with Gasteiger partial charge in [-0.2, -0.15) is 11.3 Å². The number of hydrogen-bond acceptors (Lipinski definition) is 2. The van der Waals surface area contributed by atoms with Crippen molar-refractivity contribution in [3.63, 3.8) is 0 Å². The van der Waals surface area contributed by atoms with E-state index in [-0.39, 0.29) is 11.6 Å². The van der Waals surface area contributed by atoms with E-state index in [9.17, 15) is 9.18 Å². The molecular weight excluding hydrogens is 303 g/mol. The Kier molecular flexibility index (Phi) is 4.07. The van der Waals surface area contributed by atoms with Crippen LogP contribution in [0.2, 0.25) is 0 Å². The molecule has 17 heavy (non-hydrogen) atoms. The molecule has 0 fully saturated rings. The first-order chi connectivity index (χ1) is 8.16. The Labute approximate surface area is 111 Å². The third kappa shape index (κ3) is 3.23. The summed E-state index contributed by atoms with van der Waals surface area (Å²) in [6.45, 7) is 0. The summed E-state index contributed by atoms with van der Waals surface area (Å²) in [5.41, 5.74) is 1.72. The van der Waals surface area contributed by atoms with E-state index in [2.05, 4.69) is 15.9 Å². The molecule has 4 heteroatoms. The van der Waals surface area contributed by atoms with E-state index < -0.39 is 0 Å². The first-order valence-corrected chi connectivity index (χ1v) is 6.90. The van der Waals surface area contributed by atoms with Crippen LogP contribution < -0.4 is 0 Å². The van der Waals surface area contributed by atoms with E-state index in [0.29, 0.717) is 16.5 Å². The Balaban J connectivity index is 2.02. The van der Waals surface area contributed by atoms with Gasteiger partial charge in [0.25, 0.3) is 0 Å². The average Bonchev–Trinajstić information content (AvgIpc) is 2.82. The van der Waals surface area contributed by atoms with Crippen LogP contribution in [0.5, 0.6) is 0 Å². The molecule has 1 nitrogen and oxygen atoms in total. The topological polar surface area (TPSA) is 17.1 Å². The maximum atomic E-state index is 13.0. The maximum Gasteiger partial charge on any atom is 0.163 e. The predicted molar refractivity (Wildman–Crippen MR) is 71.1 cm³/mol. The predicted octanol–water partition coefficient (Wildman–Crippen LogP) is 4.47. The summed E-state index contributed by atoms with van der Waals surface area (Å²) >= 11 is 4.70. The van der Waals surface area contributed by atoms with Gasteiger partial charge in [-0.25, -0.2) is 4.39 Å². The standard InChI is InChI=1S/C13H10BrFOS/c14-11-7-10(2-3-12(11)15)13(16)4-1-9-5-6-17-8-9/h2-3,5-8H,1,4H2. The molecule has 0 aliphatic carbocycles. The van der Waals surface area contributed by atoms with Crippen LogP contribution in [-0.2, 0) is 6.42 Å². The maximum absolute atomic E-state index is 13.0. The number of hydrogen-bond donors (Lipinski definition) is 0. The van der Waals surface area contributed by atoms with Crippen molar-refractivity contribution in [3.05, 3.63) is 56.4 Å². The number of rotatable bonds is 4. The molecule has 2 aromatic rings. The second-order valence-electron chi connectivity index (χ2n) is 3.68. The number of ketones is 1. The monoisotopic (exact) mass is 312 g/mol. The Bertz CT molecular complexity index is 522. The molecule has 0 aliphatic heterocycles. The van der Waals surface area contributed by atoms with Crippen LogP contribution in [0, 0.1) is 5.82 Å². The molecule has 0 N–H and O–H groups in total. The number of carbonyl (C=O) groups excluding carboxylic acids is 1. The van der Waals surface area contributed by atoms with Crippen LogP contribution in [0.1, 0.15) is 22.3 Å². The summed E-state index contributed by atoms with van der Waals surface area (Å²) in [7, 11) is 0. The molecule has 1 aromatic carbocycles. The lowest BCUT2D eigenvalue weighted by Gasteiger charge is -2.01. The molecule has 0 unspecified atom stereocenters. The minimum absolute atomic E-state index is 0.0388. The number of halogens is 2. The SMILES string of the molecule is O=C(CCc1ccsc1)c1ccc(F)c(Br)c1. The van der Waals surface area contributed by atoms with Crippen molar-refractivity contribution in [3.8, 4) is 0 Å². The van der Waals surface area contributed by atoms with Crippen molar-refractivity contribution < 1.29 is 9.18 Å². The number of benzene rings is 1. The summed E-state index contributed by atoms with van der Waals surface area (Å²) in [4.78, 5) is 11.9. The van der Waals surface area contributed by atoms with Crippen LogP contribution >= 0.6 is 27.3 Å². The van der Waals surface area contributed by atoms with Gasteiger partial charge in [0.2, 0.25) is 0 Å². The van der Waals surface area contributed by atoms with Crippen molar-refractivity contribution in [1.82, 2.24) is 0 Å². The number of thiophene rings is 1. The van der Waals surface area contributed by atoms with Gasteiger partial charge in [0.1, 0.15) is 5.82 Å². The minimum atomic E-state index is -0.348. The van der Waals surface area contributed by atoms with E-state index in [0.717, 1.165) is 6.42 Å². The van der Waals surface area contributed by atoms with Crippen LogP contribution in [0.3, 0.4) is 0 Å². The third-order valence-electron chi connectivity index (χ3n) is 2.46. The van der Waals surface area contributed by atoms with E-state index in [1.54, 1.807) is 11.3 Å². The van der Waals surface area contributed by atoms with Gasteiger partial charge in [-0.3, -0.25) is 4.79 Å². The van der Waals surface area contributed by atoms with E-state index in [1.165, 1.54) is 23.8 Å². The zero-order valence-corrected chi connectivity index (χ0v) is 11.4. The fraction of sp³-hybridized carbons (Fsp3) is 0.154. The fourth-order valence-electron chi connectivity index (χ4n) is 1.51. The van der Waals surface area contributed by atoms with Gasteiger partial charge in [-0.15, -0.1) is 0 Å². The third-order valence-corrected chi connectivity index (χ3v) is 3.80. The van der Waals surface area contributed by atoms with E-state index in [4.69, 9.17) is 0 Å². The molecule has 0 radical (unpaired) electrons. The fourth-order valence-corrected chi connectivity index (χ4v) is 2.59. The van der Waals surface area contributed by atoms with E-state index in [1.807, 2.05) is 16.8 Å². The smallest absolute Gasteiger partial charge is 0.163 e. The van der Waals surface area contributed by atoms with Crippen LogP contribution in [0.4, 0.5) is 4.39 Å². The molecule has 0 atom stereocenters. The lowest BCUT2D eigenvalue weighted by Crippen LogP contribution is -2.01. The zero-order valence-electron chi connectivity index (χ0n) is 8.95. The van der Waals surface area contributed by atoms with Crippen molar-refractivity contribution >= 4 is 33.0 Å². The second-order valence-corrected chi connectivity index (χ2v) is 5.32. The Morgan fingerprint density at radius 3 is 2.82 bits per heavy atom. The highest BCUT2D eigenvalue weighted by molar-refractivity contribution is 9.10. The summed E-state index contributed by atoms with van der Waals surface area (Å²) in [6.07, 6.45) is 1.19. The van der Waals surface area contributed by atoms with Gasteiger partial charge in [-0.05, 0) is 62.9 Å². The summed E-state index contributed by atoms with van der Waals surface area (Å²) in [5, 5.41) is 4.03. The molecule has 0 saturated heterocycles. The van der Waals surface area contributed by atoms with Gasteiger partial charge in [0.05, 0.1) is 4.47 Å². The molecule has 0 amide bonds. The van der Waals surface area contributed by atoms with Gasteiger partial charge in [0, 0.05) is 12.0 Å². The molecular formula is C13H10BrFOS. The van der Waals surface area contributed by atoms with Gasteiger partial charge in [-0.1, -0.05) is 0 Å². The summed E-state index contributed by atoms with van der Waals surface area (Å²) < 4.78 is 13.3. The largest absolute Gasteiger partial charge is 0.294 e. The molecule has 0 spiro atoms. The summed E-state index contributed by atoms with van der Waals surface area (Å²) in [5.74, 6) is -0.309. The molecule has 88 valence electrons. The van der Waals surface area contributed by atoms with Crippen molar-refractivity contribution in [1.29, 1.82) is 0 Å². The van der Waals surface area contributed by atoms with Gasteiger partial charge >= 0.3 is 0 Å². The lowest BCUT2D eigenvalue weighted by atomic mass is 10.0. The first-order valence-electron chi connectivity index (χ1n) is 5.16. The zero-order chi connectivity index (χ0) is 12.3. The Hall–Kier alpha value is -1.00. The highest BCUT2D eigenvalue weighted by Crippen LogP contribution is 2.18. The summed E-state index contributed by atoms with van der Waals surface area (Å²) in [6, 6.07) is 6.38. The second kappa shape index (κ2) is 5.56. The van der Waals surface area contributed by atoms with Gasteiger partial charge < -0.3 is 0 Å². The van der Waals surface area contributed by atoms with Gasteiger partial charge in [0.15, 0.2) is 5.78 Å². The van der Waals surface area contributed by atoms with Crippen molar-refractivity contribution in [2.75, 3.05) is 0 Å². The van der Waals surface area contributed by atoms with Crippen LogP contribution in [-0.4, -0.2) is 5.78 Å². The van der Waals surface area contributed by atoms with E-state index >= 15 is 0 Å². The normalized spacial score (nSPS) is 10.5. The molecule has 1 heterocycles. The molecule has 0 saturated carbocycles. The molecule has 1 aromatic heterocycles. The number of carbonyl (C=O) groups is 1. The quantitative estimate of drug-likeness (QED) is 0.761. The lowest BCUT2D eigenvalue weighted by molar-refractivity contribution is 0.0983. The van der Waals surface area contributed by atoms with Crippen LogP contribution in [0.15, 0.2) is 39.5 Å².